The van der Waals surface area contributed by atoms with Crippen molar-refractivity contribution in [3.05, 3.63) is 60.0 Å². The molecule has 1 aliphatic rings. The SMILES string of the molecule is Cc1ccc(-c2nc(CNC(=O)[C@H]3COC(=O)N3)[nH]c2-c2ccccn2)cc1. The molecule has 3 aromatic rings. The Bertz CT molecular complexity index is 998. The molecule has 0 saturated carbocycles. The normalized spacial score (nSPS) is 15.8. The van der Waals surface area contributed by atoms with Crippen LogP contribution >= 0.6 is 0 Å². The highest BCUT2D eigenvalue weighted by Gasteiger charge is 2.28. The van der Waals surface area contributed by atoms with Gasteiger partial charge in [0.05, 0.1) is 23.6 Å². The van der Waals surface area contributed by atoms with Crippen molar-refractivity contribution in [2.24, 2.45) is 0 Å². The van der Waals surface area contributed by atoms with E-state index < -0.39 is 12.1 Å². The van der Waals surface area contributed by atoms with Gasteiger partial charge in [-0.1, -0.05) is 35.9 Å². The first-order valence-corrected chi connectivity index (χ1v) is 8.88. The molecule has 2 amide bonds. The molecule has 2 aromatic heterocycles. The molecule has 1 saturated heterocycles. The van der Waals surface area contributed by atoms with Gasteiger partial charge >= 0.3 is 6.09 Å². The number of aromatic nitrogens is 3. The summed E-state index contributed by atoms with van der Waals surface area (Å²) in [6.07, 6.45) is 1.14. The second-order valence-electron chi connectivity index (χ2n) is 6.50. The fraction of sp³-hybridized carbons (Fsp3) is 0.200. The molecule has 1 atom stereocenters. The van der Waals surface area contributed by atoms with E-state index in [0.29, 0.717) is 5.82 Å². The molecule has 1 fully saturated rings. The Morgan fingerprint density at radius 2 is 2.07 bits per heavy atom. The lowest BCUT2D eigenvalue weighted by molar-refractivity contribution is -0.123. The van der Waals surface area contributed by atoms with Crippen molar-refractivity contribution in [3.63, 3.8) is 0 Å². The van der Waals surface area contributed by atoms with Crippen molar-refractivity contribution < 1.29 is 14.3 Å². The Balaban J connectivity index is 1.59. The average molecular weight is 377 g/mol. The molecule has 28 heavy (non-hydrogen) atoms. The van der Waals surface area contributed by atoms with E-state index >= 15 is 0 Å². The number of nitrogens with zero attached hydrogens (tertiary/aromatic N) is 2. The van der Waals surface area contributed by atoms with Crippen LogP contribution in [0.2, 0.25) is 0 Å². The van der Waals surface area contributed by atoms with E-state index in [-0.39, 0.29) is 19.1 Å². The number of cyclic esters (lactones) is 1. The van der Waals surface area contributed by atoms with Crippen LogP contribution in [-0.2, 0) is 16.1 Å². The second kappa shape index (κ2) is 7.51. The highest BCUT2D eigenvalue weighted by atomic mass is 16.6. The lowest BCUT2D eigenvalue weighted by atomic mass is 10.1. The standard InChI is InChI=1S/C20H19N5O3/c1-12-5-7-13(8-6-12)17-18(14-4-2-3-9-21-14)25-16(24-17)10-22-19(26)15-11-28-20(27)23-15/h2-9,15H,10-11H2,1H3,(H,22,26)(H,23,27)(H,24,25)/t15-/m1/s1. The molecule has 0 spiro atoms. The number of hydrogen-bond acceptors (Lipinski definition) is 5. The van der Waals surface area contributed by atoms with Crippen molar-refractivity contribution in [1.29, 1.82) is 0 Å². The fourth-order valence-corrected chi connectivity index (χ4v) is 2.94. The van der Waals surface area contributed by atoms with Gasteiger partial charge in [-0.2, -0.15) is 0 Å². The number of benzene rings is 1. The molecule has 0 bridgehead atoms. The van der Waals surface area contributed by atoms with E-state index in [9.17, 15) is 9.59 Å². The third kappa shape index (κ3) is 3.71. The van der Waals surface area contributed by atoms with Crippen LogP contribution in [0.3, 0.4) is 0 Å². The summed E-state index contributed by atoms with van der Waals surface area (Å²) in [7, 11) is 0. The van der Waals surface area contributed by atoms with Gasteiger partial charge < -0.3 is 20.4 Å². The molecule has 4 rings (SSSR count). The molecule has 0 radical (unpaired) electrons. The van der Waals surface area contributed by atoms with Crippen molar-refractivity contribution in [1.82, 2.24) is 25.6 Å². The molecule has 1 aliphatic heterocycles. The molecule has 0 aliphatic carbocycles. The summed E-state index contributed by atoms with van der Waals surface area (Å²) in [4.78, 5) is 35.6. The Morgan fingerprint density at radius 3 is 2.75 bits per heavy atom. The van der Waals surface area contributed by atoms with Crippen LogP contribution in [0.15, 0.2) is 48.7 Å². The number of hydrogen-bond donors (Lipinski definition) is 3. The Kier molecular flexibility index (Phi) is 4.76. The largest absolute Gasteiger partial charge is 0.447 e. The van der Waals surface area contributed by atoms with Crippen LogP contribution in [0.25, 0.3) is 22.6 Å². The van der Waals surface area contributed by atoms with Crippen molar-refractivity contribution in [2.45, 2.75) is 19.5 Å². The van der Waals surface area contributed by atoms with Gasteiger partial charge in [0.15, 0.2) is 0 Å². The summed E-state index contributed by atoms with van der Waals surface area (Å²) < 4.78 is 4.74. The molecular formula is C20H19N5O3. The van der Waals surface area contributed by atoms with Gasteiger partial charge in [-0.3, -0.25) is 9.78 Å². The summed E-state index contributed by atoms with van der Waals surface area (Å²) in [5.74, 6) is 0.272. The number of aryl methyl sites for hydroxylation is 1. The number of alkyl carbamates (subject to hydrolysis) is 1. The molecule has 3 heterocycles. The summed E-state index contributed by atoms with van der Waals surface area (Å²) in [5.41, 5.74) is 4.43. The van der Waals surface area contributed by atoms with Gasteiger partial charge in [0, 0.05) is 11.8 Å². The summed E-state index contributed by atoms with van der Waals surface area (Å²) >= 11 is 0. The first kappa shape index (κ1) is 17.7. The summed E-state index contributed by atoms with van der Waals surface area (Å²) in [6, 6.07) is 13.0. The number of ether oxygens (including phenoxy) is 1. The Labute approximate surface area is 161 Å². The quantitative estimate of drug-likeness (QED) is 0.631. The minimum Gasteiger partial charge on any atom is -0.447 e. The molecule has 1 aromatic carbocycles. The summed E-state index contributed by atoms with van der Waals surface area (Å²) in [6.45, 7) is 2.24. The maximum Gasteiger partial charge on any atom is 0.407 e. The van der Waals surface area contributed by atoms with Crippen molar-refractivity contribution in [2.75, 3.05) is 6.61 Å². The van der Waals surface area contributed by atoms with Crippen molar-refractivity contribution in [3.8, 4) is 22.6 Å². The van der Waals surface area contributed by atoms with Crippen LogP contribution < -0.4 is 10.6 Å². The van der Waals surface area contributed by atoms with E-state index in [1.807, 2.05) is 49.4 Å². The lowest BCUT2D eigenvalue weighted by Crippen LogP contribution is -2.42. The van der Waals surface area contributed by atoms with Gasteiger partial charge in [0.25, 0.3) is 0 Å². The average Bonchev–Trinajstić information content (AvgIpc) is 3.34. The highest BCUT2D eigenvalue weighted by Crippen LogP contribution is 2.29. The predicted molar refractivity (Wildman–Crippen MR) is 102 cm³/mol. The van der Waals surface area contributed by atoms with Gasteiger partial charge in [-0.25, -0.2) is 9.78 Å². The molecule has 0 unspecified atom stereocenters. The number of amides is 2. The number of carbonyl (C=O) groups is 2. The van der Waals surface area contributed by atoms with E-state index in [2.05, 4.69) is 25.6 Å². The first-order valence-electron chi connectivity index (χ1n) is 8.88. The Morgan fingerprint density at radius 1 is 1.25 bits per heavy atom. The van der Waals surface area contributed by atoms with E-state index in [1.54, 1.807) is 6.20 Å². The molecule has 3 N–H and O–H groups in total. The van der Waals surface area contributed by atoms with Gasteiger partial charge in [0.2, 0.25) is 5.91 Å². The third-order valence-corrected chi connectivity index (χ3v) is 4.42. The zero-order valence-electron chi connectivity index (χ0n) is 15.2. The van der Waals surface area contributed by atoms with Crippen LogP contribution in [0.1, 0.15) is 11.4 Å². The monoisotopic (exact) mass is 377 g/mol. The van der Waals surface area contributed by atoms with E-state index in [4.69, 9.17) is 4.74 Å². The van der Waals surface area contributed by atoms with Gasteiger partial charge in [-0.05, 0) is 19.1 Å². The van der Waals surface area contributed by atoms with Gasteiger partial charge in [-0.15, -0.1) is 0 Å². The zero-order valence-corrected chi connectivity index (χ0v) is 15.2. The topological polar surface area (TPSA) is 109 Å². The predicted octanol–water partition coefficient (Wildman–Crippen LogP) is 2.17. The minimum atomic E-state index is -0.686. The lowest BCUT2D eigenvalue weighted by Gasteiger charge is -2.07. The van der Waals surface area contributed by atoms with Crippen LogP contribution in [0, 0.1) is 6.92 Å². The maximum atomic E-state index is 12.2. The number of aromatic amines is 1. The van der Waals surface area contributed by atoms with Crippen LogP contribution in [-0.4, -0.2) is 39.6 Å². The van der Waals surface area contributed by atoms with Crippen LogP contribution in [0.4, 0.5) is 4.79 Å². The second-order valence-corrected chi connectivity index (χ2v) is 6.50. The zero-order chi connectivity index (χ0) is 19.5. The number of rotatable bonds is 5. The smallest absolute Gasteiger partial charge is 0.407 e. The first-order chi connectivity index (χ1) is 13.6. The minimum absolute atomic E-state index is 0.0244. The molecule has 8 nitrogen and oxygen atoms in total. The van der Waals surface area contributed by atoms with Crippen LogP contribution in [0.5, 0.6) is 0 Å². The molecule has 8 heteroatoms. The Hall–Kier alpha value is -3.68. The van der Waals surface area contributed by atoms with E-state index in [0.717, 1.165) is 28.2 Å². The molecular weight excluding hydrogens is 358 g/mol. The number of imidazole rings is 1. The number of pyridine rings is 1. The highest BCUT2D eigenvalue weighted by molar-refractivity contribution is 5.87. The van der Waals surface area contributed by atoms with Gasteiger partial charge in [0.1, 0.15) is 18.5 Å². The number of nitrogens with one attached hydrogen (secondary N) is 3. The third-order valence-electron chi connectivity index (χ3n) is 4.42. The number of carbonyl (C=O) groups excluding carboxylic acids is 2. The van der Waals surface area contributed by atoms with Crippen molar-refractivity contribution >= 4 is 12.0 Å². The van der Waals surface area contributed by atoms with E-state index in [1.165, 1.54) is 0 Å². The maximum absolute atomic E-state index is 12.2. The fourth-order valence-electron chi connectivity index (χ4n) is 2.94. The summed E-state index contributed by atoms with van der Waals surface area (Å²) in [5, 5.41) is 5.22. The number of H-pyrrole nitrogens is 1. The molecule has 142 valence electrons.